The van der Waals surface area contributed by atoms with E-state index >= 15 is 0 Å². The van der Waals surface area contributed by atoms with E-state index in [1.807, 2.05) is 13.0 Å². The normalized spacial score (nSPS) is 13.4. The molecule has 2 aromatic heterocycles. The lowest BCUT2D eigenvalue weighted by Gasteiger charge is -2.39. The number of nitrogens with zero attached hydrogens (tertiary/aromatic N) is 3. The first-order valence-corrected chi connectivity index (χ1v) is 16.7. The first-order valence-electron chi connectivity index (χ1n) is 16.7. The maximum Gasteiger partial charge on any atom is 0.146 e. The average molecular weight is 630 g/mol. The Kier molecular flexibility index (Phi) is 5.89. The van der Waals surface area contributed by atoms with Crippen LogP contribution >= 0.6 is 0 Å². The molecule has 0 fully saturated rings. The molecule has 2 aliphatic rings. The number of para-hydroxylation sites is 4. The Balaban J connectivity index is 1.14. The van der Waals surface area contributed by atoms with Crippen LogP contribution in [0.15, 0.2) is 152 Å². The van der Waals surface area contributed by atoms with Crippen LogP contribution in [0.25, 0.3) is 50.5 Å². The van der Waals surface area contributed by atoms with Crippen LogP contribution in [0.5, 0.6) is 11.5 Å². The maximum atomic E-state index is 6.53. The third kappa shape index (κ3) is 3.98. The first kappa shape index (κ1) is 27.8. The molecule has 4 nitrogen and oxygen atoms in total. The molecule has 0 atom stereocenters. The zero-order valence-corrected chi connectivity index (χ0v) is 27.2. The van der Waals surface area contributed by atoms with E-state index in [1.54, 1.807) is 0 Å². The van der Waals surface area contributed by atoms with E-state index in [0.29, 0.717) is 0 Å². The summed E-state index contributed by atoms with van der Waals surface area (Å²) in [6.45, 7) is 4.16. The zero-order chi connectivity index (χ0) is 32.7. The highest BCUT2D eigenvalue weighted by Gasteiger charge is 2.51. The summed E-state index contributed by atoms with van der Waals surface area (Å²) in [5.41, 5.74) is 14.5. The molecule has 8 aromatic rings. The fraction of sp³-hybridized carbons (Fsp3) is 0.0667. The van der Waals surface area contributed by atoms with E-state index in [9.17, 15) is 0 Å². The second-order valence-corrected chi connectivity index (χ2v) is 13.1. The number of hydrogen-bond acceptors (Lipinski definition) is 3. The van der Waals surface area contributed by atoms with Gasteiger partial charge in [0.1, 0.15) is 23.1 Å². The van der Waals surface area contributed by atoms with Gasteiger partial charge in [-0.3, -0.25) is 4.57 Å². The molecule has 1 aliphatic heterocycles. The lowest BCUT2D eigenvalue weighted by atomic mass is 9.66. The van der Waals surface area contributed by atoms with Gasteiger partial charge in [-0.05, 0) is 95.3 Å². The van der Waals surface area contributed by atoms with E-state index in [-0.39, 0.29) is 0 Å². The summed E-state index contributed by atoms with van der Waals surface area (Å²) in [7, 11) is 0. The van der Waals surface area contributed by atoms with Gasteiger partial charge in [-0.25, -0.2) is 9.97 Å². The van der Waals surface area contributed by atoms with Crippen LogP contribution in [0.3, 0.4) is 0 Å². The Morgan fingerprint density at radius 1 is 0.510 bits per heavy atom. The summed E-state index contributed by atoms with van der Waals surface area (Å²) in [6.07, 6.45) is 0. The average Bonchev–Trinajstić information content (AvgIpc) is 3.66. The molecule has 0 amide bonds. The van der Waals surface area contributed by atoms with Crippen LogP contribution in [0, 0.1) is 13.8 Å². The minimum Gasteiger partial charge on any atom is -0.457 e. The Morgan fingerprint density at radius 2 is 1.12 bits per heavy atom. The van der Waals surface area contributed by atoms with Crippen LogP contribution in [0.1, 0.15) is 33.5 Å². The Hall–Kier alpha value is -6.26. The summed E-state index contributed by atoms with van der Waals surface area (Å²) >= 11 is 0. The zero-order valence-electron chi connectivity index (χ0n) is 27.2. The predicted octanol–water partition coefficient (Wildman–Crippen LogP) is 10.8. The number of ether oxygens (including phenoxy) is 1. The van der Waals surface area contributed by atoms with E-state index < -0.39 is 5.41 Å². The number of rotatable bonds is 3. The largest absolute Gasteiger partial charge is 0.457 e. The van der Waals surface area contributed by atoms with Crippen LogP contribution in [0.4, 0.5) is 0 Å². The highest BCUT2D eigenvalue weighted by Crippen LogP contribution is 2.62. The van der Waals surface area contributed by atoms with Crippen molar-refractivity contribution in [2.24, 2.45) is 0 Å². The number of benzene rings is 6. The van der Waals surface area contributed by atoms with Crippen LogP contribution in [-0.4, -0.2) is 14.5 Å². The number of hydrogen-bond donors (Lipinski definition) is 0. The molecule has 6 aromatic carbocycles. The number of aryl methyl sites for hydroxylation is 2. The van der Waals surface area contributed by atoms with Crippen molar-refractivity contribution in [1.82, 2.24) is 14.5 Å². The van der Waals surface area contributed by atoms with Crippen molar-refractivity contribution >= 4 is 11.0 Å². The summed E-state index contributed by atoms with van der Waals surface area (Å²) in [4.78, 5) is 10.0. The van der Waals surface area contributed by atoms with Crippen molar-refractivity contribution < 1.29 is 4.74 Å². The quantitative estimate of drug-likeness (QED) is 0.195. The van der Waals surface area contributed by atoms with Gasteiger partial charge in [-0.15, -0.1) is 0 Å². The minimum absolute atomic E-state index is 0.489. The van der Waals surface area contributed by atoms with Crippen molar-refractivity contribution in [3.8, 4) is 51.0 Å². The van der Waals surface area contributed by atoms with Gasteiger partial charge in [-0.1, -0.05) is 109 Å². The lowest BCUT2D eigenvalue weighted by molar-refractivity contribution is 0.436. The molecule has 0 saturated carbocycles. The number of aromatic nitrogens is 3. The minimum atomic E-state index is -0.489. The number of imidazole rings is 1. The second kappa shape index (κ2) is 10.4. The Labute approximate surface area is 285 Å². The summed E-state index contributed by atoms with van der Waals surface area (Å²) in [5, 5.41) is 0. The Morgan fingerprint density at radius 3 is 1.88 bits per heavy atom. The molecule has 0 saturated heterocycles. The molecule has 0 bridgehead atoms. The van der Waals surface area contributed by atoms with Crippen LogP contribution in [0.2, 0.25) is 0 Å². The Bertz CT molecular complexity index is 2550. The van der Waals surface area contributed by atoms with E-state index in [2.05, 4.69) is 157 Å². The molecule has 232 valence electrons. The lowest BCUT2D eigenvalue weighted by Crippen LogP contribution is -2.32. The van der Waals surface area contributed by atoms with Gasteiger partial charge in [0.05, 0.1) is 16.4 Å². The van der Waals surface area contributed by atoms with Crippen LogP contribution < -0.4 is 4.74 Å². The molecular formula is C45H31N3O. The molecule has 49 heavy (non-hydrogen) atoms. The fourth-order valence-electron chi connectivity index (χ4n) is 8.23. The SMILES string of the molecule is Cc1cc(C)nc(-n2c(-c3ccc(-c4ccc5c(c4)C4(c6ccccc6Oc6ccccc64)c4ccccc4-5)cc3)nc3ccccc32)c1. The molecule has 1 spiro atoms. The molecule has 10 rings (SSSR count). The third-order valence-electron chi connectivity index (χ3n) is 10.2. The first-order chi connectivity index (χ1) is 24.1. The molecular weight excluding hydrogens is 599 g/mol. The molecule has 4 heteroatoms. The third-order valence-corrected chi connectivity index (χ3v) is 10.2. The van der Waals surface area contributed by atoms with Gasteiger partial charge in [0, 0.05) is 22.4 Å². The maximum absolute atomic E-state index is 6.53. The summed E-state index contributed by atoms with van der Waals surface area (Å²) in [6, 6.07) is 54.2. The standard InChI is InChI=1S/C45H31N3O/c1-28-25-29(2)46-43(26-28)48-40-16-8-7-15-39(40)47-44(48)31-21-19-30(20-22-31)32-23-24-34-33-11-3-4-12-35(33)45(38(34)27-32)36-13-5-9-17-41(36)49-42-18-10-6-14-37(42)45/h3-27H,1-2H3. The molecule has 0 radical (unpaired) electrons. The number of fused-ring (bicyclic) bond motifs is 10. The smallest absolute Gasteiger partial charge is 0.146 e. The topological polar surface area (TPSA) is 39.9 Å². The van der Waals surface area contributed by atoms with Gasteiger partial charge >= 0.3 is 0 Å². The van der Waals surface area contributed by atoms with E-state index in [4.69, 9.17) is 14.7 Å². The van der Waals surface area contributed by atoms with E-state index in [1.165, 1.54) is 44.5 Å². The second-order valence-electron chi connectivity index (χ2n) is 13.1. The van der Waals surface area contributed by atoms with Crippen molar-refractivity contribution in [2.75, 3.05) is 0 Å². The summed E-state index contributed by atoms with van der Waals surface area (Å²) < 4.78 is 8.71. The van der Waals surface area contributed by atoms with Crippen molar-refractivity contribution in [3.63, 3.8) is 0 Å². The molecule has 0 N–H and O–H groups in total. The van der Waals surface area contributed by atoms with Crippen molar-refractivity contribution in [3.05, 3.63) is 185 Å². The van der Waals surface area contributed by atoms with Crippen molar-refractivity contribution in [1.29, 1.82) is 0 Å². The fourth-order valence-corrected chi connectivity index (χ4v) is 8.23. The van der Waals surface area contributed by atoms with Gasteiger partial charge in [0.25, 0.3) is 0 Å². The number of pyridine rings is 1. The van der Waals surface area contributed by atoms with Crippen molar-refractivity contribution in [2.45, 2.75) is 19.3 Å². The van der Waals surface area contributed by atoms with Gasteiger partial charge < -0.3 is 4.74 Å². The molecule has 1 aliphatic carbocycles. The van der Waals surface area contributed by atoms with Crippen LogP contribution in [-0.2, 0) is 5.41 Å². The van der Waals surface area contributed by atoms with Gasteiger partial charge in [0.2, 0.25) is 0 Å². The van der Waals surface area contributed by atoms with E-state index in [0.717, 1.165) is 51.0 Å². The molecule has 0 unspecified atom stereocenters. The highest BCUT2D eigenvalue weighted by molar-refractivity contribution is 5.90. The summed E-state index contributed by atoms with van der Waals surface area (Å²) in [5.74, 6) is 3.56. The predicted molar refractivity (Wildman–Crippen MR) is 197 cm³/mol. The monoisotopic (exact) mass is 629 g/mol. The highest BCUT2D eigenvalue weighted by atomic mass is 16.5. The molecule has 3 heterocycles. The van der Waals surface area contributed by atoms with Gasteiger partial charge in [0.15, 0.2) is 0 Å². The van der Waals surface area contributed by atoms with Gasteiger partial charge in [-0.2, -0.15) is 0 Å².